The highest BCUT2D eigenvalue weighted by Gasteiger charge is 2.09. The smallest absolute Gasteiger partial charge is 0.216 e. The van der Waals surface area contributed by atoms with E-state index in [1.807, 2.05) is 0 Å². The molecule has 0 aliphatic rings. The molecule has 1 atom stereocenters. The molecule has 0 aliphatic heterocycles. The molecule has 1 rings (SSSR count). The quantitative estimate of drug-likeness (QED) is 0.360. The average Bonchev–Trinajstić information content (AvgIpc) is 2.36. The van der Waals surface area contributed by atoms with Crippen LogP contribution in [0, 0.1) is 0 Å². The Morgan fingerprint density at radius 1 is 1.26 bits per heavy atom. The van der Waals surface area contributed by atoms with Gasteiger partial charge in [0.2, 0.25) is 5.91 Å². The van der Waals surface area contributed by atoms with Crippen LogP contribution in [-0.2, 0) is 4.79 Å². The first kappa shape index (κ1) is 15.3. The molecule has 0 unspecified atom stereocenters. The number of hydrogen-bond acceptors (Lipinski definition) is 5. The minimum atomic E-state index is -0.757. The zero-order valence-corrected chi connectivity index (χ0v) is 10.9. The summed E-state index contributed by atoms with van der Waals surface area (Å²) in [5.41, 5.74) is 0.532. The van der Waals surface area contributed by atoms with Gasteiger partial charge in [0.15, 0.2) is 11.5 Å². The number of rotatable bonds is 7. The van der Waals surface area contributed by atoms with Gasteiger partial charge in [-0.15, -0.1) is 0 Å². The molecule has 0 saturated heterocycles. The van der Waals surface area contributed by atoms with Gasteiger partial charge in [-0.25, -0.2) is 0 Å². The number of carbonyl (C=O) groups is 1. The molecule has 0 saturated carbocycles. The van der Waals surface area contributed by atoms with Crippen LogP contribution in [0.25, 0.3) is 0 Å². The van der Waals surface area contributed by atoms with Crippen molar-refractivity contribution in [2.24, 2.45) is 0 Å². The first-order valence-corrected chi connectivity index (χ1v) is 6.16. The Kier molecular flexibility index (Phi) is 6.11. The molecule has 0 fully saturated rings. The largest absolute Gasteiger partial charge is 0.504 e. The summed E-state index contributed by atoms with van der Waals surface area (Å²) in [7, 11) is 0. The van der Waals surface area contributed by atoms with Crippen molar-refractivity contribution in [2.45, 2.75) is 19.4 Å². The highest BCUT2D eigenvalue weighted by atomic mass is 16.3. The number of hydrogen-bond donors (Lipinski definition) is 5. The van der Waals surface area contributed by atoms with Gasteiger partial charge in [-0.05, 0) is 30.7 Å². The van der Waals surface area contributed by atoms with E-state index in [4.69, 9.17) is 5.11 Å². The van der Waals surface area contributed by atoms with Crippen LogP contribution in [-0.4, -0.2) is 40.9 Å². The van der Waals surface area contributed by atoms with Crippen LogP contribution in [0.3, 0.4) is 0 Å². The Hall–Kier alpha value is -1.79. The molecule has 5 N–H and O–H groups in total. The molecule has 6 nitrogen and oxygen atoms in total. The maximum Gasteiger partial charge on any atom is 0.216 e. The summed E-state index contributed by atoms with van der Waals surface area (Å²) in [6.07, 6.45) is 0.0138. The van der Waals surface area contributed by atoms with Gasteiger partial charge in [-0.1, -0.05) is 6.07 Å². The number of amides is 1. The molecule has 1 amide bonds. The minimum Gasteiger partial charge on any atom is -0.504 e. The normalized spacial score (nSPS) is 12.1. The van der Waals surface area contributed by atoms with Crippen molar-refractivity contribution in [1.82, 2.24) is 10.6 Å². The van der Waals surface area contributed by atoms with Gasteiger partial charge in [0.05, 0.1) is 6.10 Å². The second-order valence-corrected chi connectivity index (χ2v) is 4.30. The van der Waals surface area contributed by atoms with Gasteiger partial charge in [0, 0.05) is 20.0 Å². The van der Waals surface area contributed by atoms with E-state index in [0.29, 0.717) is 25.2 Å². The first-order valence-electron chi connectivity index (χ1n) is 6.16. The summed E-state index contributed by atoms with van der Waals surface area (Å²) in [6, 6.07) is 4.22. The summed E-state index contributed by atoms with van der Waals surface area (Å²) >= 11 is 0. The number of phenolic OH excluding ortho intramolecular Hbond substituents is 2. The number of phenols is 2. The maximum absolute atomic E-state index is 10.6. The van der Waals surface area contributed by atoms with Crippen molar-refractivity contribution in [1.29, 1.82) is 0 Å². The number of nitrogens with one attached hydrogen (secondary N) is 2. The van der Waals surface area contributed by atoms with Crippen molar-refractivity contribution < 1.29 is 20.1 Å². The minimum absolute atomic E-state index is 0.0559. The van der Waals surface area contributed by atoms with Crippen LogP contribution in [0.2, 0.25) is 0 Å². The van der Waals surface area contributed by atoms with Gasteiger partial charge < -0.3 is 26.0 Å². The van der Waals surface area contributed by atoms with Crippen molar-refractivity contribution in [3.8, 4) is 11.5 Å². The maximum atomic E-state index is 10.6. The third kappa shape index (κ3) is 5.58. The molecule has 1 aromatic rings. The number of aliphatic hydroxyl groups is 1. The predicted octanol–water partition coefficient (Wildman–Crippen LogP) is 0.247. The Morgan fingerprint density at radius 2 is 2.00 bits per heavy atom. The fourth-order valence-corrected chi connectivity index (χ4v) is 1.58. The molecule has 6 heteroatoms. The third-order valence-corrected chi connectivity index (χ3v) is 2.63. The van der Waals surface area contributed by atoms with E-state index in [2.05, 4.69) is 10.6 Å². The van der Waals surface area contributed by atoms with E-state index >= 15 is 0 Å². The van der Waals surface area contributed by atoms with Crippen LogP contribution in [0.1, 0.15) is 25.0 Å². The molecule has 19 heavy (non-hydrogen) atoms. The van der Waals surface area contributed by atoms with Crippen LogP contribution >= 0.6 is 0 Å². The third-order valence-electron chi connectivity index (χ3n) is 2.63. The van der Waals surface area contributed by atoms with Crippen LogP contribution in [0.15, 0.2) is 18.2 Å². The molecular weight excluding hydrogens is 248 g/mol. The average molecular weight is 268 g/mol. The van der Waals surface area contributed by atoms with E-state index in [-0.39, 0.29) is 17.4 Å². The lowest BCUT2D eigenvalue weighted by Gasteiger charge is -2.13. The Morgan fingerprint density at radius 3 is 2.63 bits per heavy atom. The Balaban J connectivity index is 2.25. The molecule has 0 radical (unpaired) electrons. The second-order valence-electron chi connectivity index (χ2n) is 4.30. The van der Waals surface area contributed by atoms with Gasteiger partial charge in [0.1, 0.15) is 0 Å². The van der Waals surface area contributed by atoms with E-state index < -0.39 is 6.10 Å². The second kappa shape index (κ2) is 7.60. The zero-order valence-electron chi connectivity index (χ0n) is 10.9. The van der Waals surface area contributed by atoms with Gasteiger partial charge in [0.25, 0.3) is 0 Å². The monoisotopic (exact) mass is 268 g/mol. The number of aliphatic hydroxyl groups excluding tert-OH is 1. The highest BCUT2D eigenvalue weighted by molar-refractivity contribution is 5.72. The molecule has 0 heterocycles. The van der Waals surface area contributed by atoms with Crippen LogP contribution in [0.5, 0.6) is 11.5 Å². The zero-order chi connectivity index (χ0) is 14.3. The van der Waals surface area contributed by atoms with Crippen LogP contribution < -0.4 is 10.6 Å². The summed E-state index contributed by atoms with van der Waals surface area (Å²) in [4.78, 5) is 10.6. The Bertz CT molecular complexity index is 423. The SMILES string of the molecule is CC(=O)NCCCNC[C@H](O)c1ccc(O)c(O)c1. The molecule has 1 aromatic carbocycles. The van der Waals surface area contributed by atoms with E-state index in [9.17, 15) is 15.0 Å². The standard InChI is InChI=1S/C13H20N2O4/c1-9(16)15-6-2-5-14-8-13(19)10-3-4-11(17)12(18)7-10/h3-4,7,13-14,17-19H,2,5-6,8H2,1H3,(H,15,16)/t13-/m0/s1. The summed E-state index contributed by atoms with van der Waals surface area (Å²) < 4.78 is 0. The lowest BCUT2D eigenvalue weighted by molar-refractivity contribution is -0.118. The van der Waals surface area contributed by atoms with Gasteiger partial charge >= 0.3 is 0 Å². The first-order chi connectivity index (χ1) is 9.00. The Labute approximate surface area is 112 Å². The molecule has 106 valence electrons. The fourth-order valence-electron chi connectivity index (χ4n) is 1.58. The van der Waals surface area contributed by atoms with Crippen molar-refractivity contribution >= 4 is 5.91 Å². The van der Waals surface area contributed by atoms with Crippen molar-refractivity contribution in [3.05, 3.63) is 23.8 Å². The summed E-state index contributed by atoms with van der Waals surface area (Å²) in [5.74, 6) is -0.513. The molecule has 0 aliphatic carbocycles. The highest BCUT2D eigenvalue weighted by Crippen LogP contribution is 2.27. The van der Waals surface area contributed by atoms with Gasteiger partial charge in [-0.2, -0.15) is 0 Å². The lowest BCUT2D eigenvalue weighted by Crippen LogP contribution is -2.27. The fraction of sp³-hybridized carbons (Fsp3) is 0.462. The molecule has 0 aromatic heterocycles. The van der Waals surface area contributed by atoms with E-state index in [1.165, 1.54) is 19.1 Å². The predicted molar refractivity (Wildman–Crippen MR) is 70.9 cm³/mol. The van der Waals surface area contributed by atoms with Crippen molar-refractivity contribution in [2.75, 3.05) is 19.6 Å². The molecular formula is C13H20N2O4. The number of benzene rings is 1. The van der Waals surface area contributed by atoms with E-state index in [0.717, 1.165) is 6.42 Å². The van der Waals surface area contributed by atoms with E-state index in [1.54, 1.807) is 6.07 Å². The molecule has 0 bridgehead atoms. The topological polar surface area (TPSA) is 102 Å². The number of carbonyl (C=O) groups excluding carboxylic acids is 1. The summed E-state index contributed by atoms with van der Waals surface area (Å²) in [6.45, 7) is 3.07. The van der Waals surface area contributed by atoms with Gasteiger partial charge in [-0.3, -0.25) is 4.79 Å². The van der Waals surface area contributed by atoms with Crippen LogP contribution in [0.4, 0.5) is 0 Å². The lowest BCUT2D eigenvalue weighted by atomic mass is 10.1. The molecule has 0 spiro atoms. The number of aromatic hydroxyl groups is 2. The summed E-state index contributed by atoms with van der Waals surface area (Å²) in [5, 5.41) is 34.1. The van der Waals surface area contributed by atoms with Crippen molar-refractivity contribution in [3.63, 3.8) is 0 Å².